The van der Waals surface area contributed by atoms with Crippen LogP contribution in [0.5, 0.6) is 0 Å². The first-order valence-electron chi connectivity index (χ1n) is 8.77. The van der Waals surface area contributed by atoms with Crippen molar-refractivity contribution < 1.29 is 15.5 Å². The average Bonchev–Trinajstić information content (AvgIpc) is 3.03. The molecule has 0 aromatic heterocycles. The van der Waals surface area contributed by atoms with E-state index in [2.05, 4.69) is 5.32 Å². The zero-order valence-corrected chi connectivity index (χ0v) is 14.5. The summed E-state index contributed by atoms with van der Waals surface area (Å²) in [7, 11) is 0. The molecule has 136 valence electrons. The van der Waals surface area contributed by atoms with Crippen molar-refractivity contribution in [2.24, 2.45) is 0 Å². The Kier molecular flexibility index (Phi) is 4.75. The number of aliphatic hydroxyl groups is 1. The molecule has 1 unspecified atom stereocenters. The number of quaternary nitrogens is 1. The molecule has 0 aliphatic carbocycles. The second-order valence-electron chi connectivity index (χ2n) is 6.55. The van der Waals surface area contributed by atoms with Crippen LogP contribution in [0.3, 0.4) is 0 Å². The van der Waals surface area contributed by atoms with Crippen LogP contribution in [0.25, 0.3) is 12.2 Å². The molecule has 4 N–H and O–H groups in total. The molecule has 0 saturated carbocycles. The first-order valence-corrected chi connectivity index (χ1v) is 8.77. The van der Waals surface area contributed by atoms with Gasteiger partial charge in [-0.3, -0.25) is 0 Å². The van der Waals surface area contributed by atoms with Gasteiger partial charge in [-0.25, -0.2) is 5.21 Å². The minimum atomic E-state index is -0.995. The fourth-order valence-corrected chi connectivity index (χ4v) is 3.43. The van der Waals surface area contributed by atoms with E-state index in [-0.39, 0.29) is 11.7 Å². The van der Waals surface area contributed by atoms with Gasteiger partial charge in [-0.05, 0) is 23.3 Å². The van der Waals surface area contributed by atoms with E-state index in [1.165, 1.54) is 0 Å². The fraction of sp³-hybridized carbons (Fsp3) is 0.0909. The number of fused-ring (bicyclic) bond motifs is 1. The molecule has 0 fully saturated rings. The lowest BCUT2D eigenvalue weighted by Crippen LogP contribution is -2.99. The summed E-state index contributed by atoms with van der Waals surface area (Å²) in [5.41, 5.74) is 4.08. The zero-order valence-electron chi connectivity index (χ0n) is 14.5. The Morgan fingerprint density at radius 3 is 2.26 bits per heavy atom. The van der Waals surface area contributed by atoms with E-state index in [0.717, 1.165) is 11.1 Å². The predicted molar refractivity (Wildman–Crippen MR) is 105 cm³/mol. The summed E-state index contributed by atoms with van der Waals surface area (Å²) in [5, 5.41) is 34.4. The van der Waals surface area contributed by atoms with Crippen molar-refractivity contribution in [1.29, 1.82) is 0 Å². The highest BCUT2D eigenvalue weighted by atomic mass is 16.8. The van der Waals surface area contributed by atoms with Gasteiger partial charge in [-0.2, -0.15) is 5.23 Å². The molecule has 0 saturated heterocycles. The Labute approximate surface area is 157 Å². The highest BCUT2D eigenvalue weighted by Gasteiger charge is 2.33. The number of anilines is 1. The summed E-state index contributed by atoms with van der Waals surface area (Å²) in [6, 6.07) is 22.4. The van der Waals surface area contributed by atoms with Gasteiger partial charge in [0.1, 0.15) is 6.10 Å². The third-order valence-electron chi connectivity index (χ3n) is 4.81. The van der Waals surface area contributed by atoms with Crippen molar-refractivity contribution in [2.75, 3.05) is 5.32 Å². The highest BCUT2D eigenvalue weighted by Crippen LogP contribution is 2.44. The first kappa shape index (κ1) is 17.5. The van der Waals surface area contributed by atoms with E-state index < -0.39 is 11.3 Å². The van der Waals surface area contributed by atoms with Gasteiger partial charge in [0.05, 0.1) is 6.04 Å². The molecule has 1 aliphatic heterocycles. The minimum Gasteiger partial charge on any atom is -0.595 e. The molecule has 5 heteroatoms. The summed E-state index contributed by atoms with van der Waals surface area (Å²) < 4.78 is 0. The molecule has 0 spiro atoms. The lowest BCUT2D eigenvalue weighted by Gasteiger charge is -2.16. The third-order valence-corrected chi connectivity index (χ3v) is 4.81. The van der Waals surface area contributed by atoms with E-state index in [0.29, 0.717) is 16.8 Å². The standard InChI is InChI=1S/C22H20N2O3/c25-22-18-13-17(12-11-15-7-3-1-4-8-15)20(24(26)27)14-19(18)23-21(22)16-9-5-2-6-10-16/h1-14,21-26H/t21-,22+/m0/s1. The topological polar surface area (TPSA) is 80.0 Å². The normalized spacial score (nSPS) is 19.7. The van der Waals surface area contributed by atoms with Gasteiger partial charge < -0.3 is 15.6 Å². The maximum Gasteiger partial charge on any atom is 0.173 e. The van der Waals surface area contributed by atoms with Crippen LogP contribution in [0.2, 0.25) is 0 Å². The number of aliphatic hydroxyl groups excluding tert-OH is 1. The highest BCUT2D eigenvalue weighted by molar-refractivity contribution is 5.78. The van der Waals surface area contributed by atoms with Crippen LogP contribution >= 0.6 is 0 Å². The van der Waals surface area contributed by atoms with Gasteiger partial charge in [0.25, 0.3) is 0 Å². The smallest absolute Gasteiger partial charge is 0.173 e. The first-order chi connectivity index (χ1) is 13.1. The molecule has 1 aliphatic rings. The molecule has 1 heterocycles. The molecule has 27 heavy (non-hydrogen) atoms. The van der Waals surface area contributed by atoms with Gasteiger partial charge in [0.2, 0.25) is 0 Å². The number of nitrogens with one attached hydrogen (secondary N) is 2. The number of rotatable bonds is 4. The number of benzene rings is 3. The van der Waals surface area contributed by atoms with Crippen LogP contribution in [-0.4, -0.2) is 10.3 Å². The summed E-state index contributed by atoms with van der Waals surface area (Å²) in [5.74, 6) is 0. The summed E-state index contributed by atoms with van der Waals surface area (Å²) in [6.45, 7) is 0. The van der Waals surface area contributed by atoms with Crippen molar-refractivity contribution >= 4 is 23.5 Å². The fourth-order valence-electron chi connectivity index (χ4n) is 3.43. The van der Waals surface area contributed by atoms with Crippen molar-refractivity contribution in [3.8, 4) is 0 Å². The Morgan fingerprint density at radius 2 is 1.59 bits per heavy atom. The Hall–Kier alpha value is -2.96. The van der Waals surface area contributed by atoms with Crippen molar-refractivity contribution in [2.45, 2.75) is 12.1 Å². The van der Waals surface area contributed by atoms with Gasteiger partial charge in [0.15, 0.2) is 5.69 Å². The Balaban J connectivity index is 1.71. The van der Waals surface area contributed by atoms with Crippen molar-refractivity contribution in [3.05, 3.63) is 100 Å². The monoisotopic (exact) mass is 360 g/mol. The molecule has 0 radical (unpaired) electrons. The van der Waals surface area contributed by atoms with Gasteiger partial charge in [0, 0.05) is 22.9 Å². The predicted octanol–water partition coefficient (Wildman–Crippen LogP) is 3.46. The van der Waals surface area contributed by atoms with Crippen LogP contribution in [0, 0.1) is 5.21 Å². The molecular formula is C22H20N2O3. The van der Waals surface area contributed by atoms with E-state index in [1.807, 2.05) is 66.7 Å². The largest absolute Gasteiger partial charge is 0.595 e. The van der Waals surface area contributed by atoms with E-state index >= 15 is 0 Å². The molecule has 3 atom stereocenters. The minimum absolute atomic E-state index is 0.203. The van der Waals surface area contributed by atoms with Crippen LogP contribution in [0.15, 0.2) is 72.8 Å². The second-order valence-corrected chi connectivity index (χ2v) is 6.55. The summed E-state index contributed by atoms with van der Waals surface area (Å²) in [6.07, 6.45) is 2.91. The SMILES string of the molecule is [O-][NH+](O)c1cc2c(cc1C=Cc1ccccc1)[C@@H](O)[C@H](c1ccccc1)N2. The van der Waals surface area contributed by atoms with Gasteiger partial charge >= 0.3 is 0 Å². The second kappa shape index (κ2) is 7.34. The number of hydrogen-bond acceptors (Lipinski definition) is 4. The van der Waals surface area contributed by atoms with Gasteiger partial charge in [-0.1, -0.05) is 66.7 Å². The maximum absolute atomic E-state index is 11.7. The quantitative estimate of drug-likeness (QED) is 0.424. The van der Waals surface area contributed by atoms with Crippen LogP contribution in [0.4, 0.5) is 11.4 Å². The lowest BCUT2D eigenvalue weighted by molar-refractivity contribution is -0.991. The van der Waals surface area contributed by atoms with E-state index in [4.69, 9.17) is 0 Å². The van der Waals surface area contributed by atoms with Crippen LogP contribution < -0.4 is 10.5 Å². The Morgan fingerprint density at radius 1 is 0.926 bits per heavy atom. The van der Waals surface area contributed by atoms with E-state index in [1.54, 1.807) is 18.2 Å². The third kappa shape index (κ3) is 3.49. The molecule has 0 amide bonds. The molecule has 3 aromatic carbocycles. The summed E-state index contributed by atoms with van der Waals surface area (Å²) >= 11 is 0. The Bertz CT molecular complexity index is 956. The van der Waals surface area contributed by atoms with E-state index in [9.17, 15) is 15.5 Å². The van der Waals surface area contributed by atoms with Crippen molar-refractivity contribution in [3.63, 3.8) is 0 Å². The molecule has 0 bridgehead atoms. The summed E-state index contributed by atoms with van der Waals surface area (Å²) in [4.78, 5) is 0. The lowest BCUT2D eigenvalue weighted by atomic mass is 9.98. The molecule has 3 aromatic rings. The molecule has 4 rings (SSSR count). The average molecular weight is 360 g/mol. The zero-order chi connectivity index (χ0) is 18.8. The van der Waals surface area contributed by atoms with Crippen LogP contribution in [-0.2, 0) is 0 Å². The molecular weight excluding hydrogens is 340 g/mol. The van der Waals surface area contributed by atoms with Gasteiger partial charge in [-0.15, -0.1) is 0 Å². The molecule has 5 nitrogen and oxygen atoms in total. The maximum atomic E-state index is 11.7. The van der Waals surface area contributed by atoms with Crippen molar-refractivity contribution in [1.82, 2.24) is 0 Å². The number of hydrogen-bond donors (Lipinski definition) is 4. The van der Waals surface area contributed by atoms with Crippen LogP contribution in [0.1, 0.15) is 34.4 Å².